The van der Waals surface area contributed by atoms with Gasteiger partial charge in [0.15, 0.2) is 11.5 Å². The maximum atomic E-state index is 11.7. The van der Waals surface area contributed by atoms with Gasteiger partial charge in [-0.15, -0.1) is 0 Å². The summed E-state index contributed by atoms with van der Waals surface area (Å²) >= 11 is 6.05. The lowest BCUT2D eigenvalue weighted by molar-refractivity contribution is 0.0453. The molecule has 1 unspecified atom stereocenters. The lowest BCUT2D eigenvalue weighted by Crippen LogP contribution is -2.40. The Morgan fingerprint density at radius 3 is 2.85 bits per heavy atom. The summed E-state index contributed by atoms with van der Waals surface area (Å²) in [7, 11) is 0. The molecule has 0 bridgehead atoms. The number of ether oxygens (including phenoxy) is 1. The lowest BCUT2D eigenvalue weighted by Gasteiger charge is -2.40. The third kappa shape index (κ3) is 2.54. The summed E-state index contributed by atoms with van der Waals surface area (Å²) in [5.74, 6) is 1.44. The first kappa shape index (κ1) is 15.7. The highest BCUT2D eigenvalue weighted by atomic mass is 35.5. The van der Waals surface area contributed by atoms with Gasteiger partial charge in [-0.05, 0) is 43.4 Å². The smallest absolute Gasteiger partial charge is 0.325 e. The molecule has 1 spiro atoms. The number of fused-ring (bicyclic) bond motifs is 2. The van der Waals surface area contributed by atoms with E-state index in [1.807, 2.05) is 18.2 Å². The molecule has 0 radical (unpaired) electrons. The minimum Gasteiger partial charge on any atom is -0.487 e. The van der Waals surface area contributed by atoms with Crippen molar-refractivity contribution >= 4 is 28.6 Å². The predicted molar refractivity (Wildman–Crippen MR) is 98.8 cm³/mol. The van der Waals surface area contributed by atoms with Crippen molar-refractivity contribution in [1.29, 1.82) is 0 Å². The quantitative estimate of drug-likeness (QED) is 0.599. The summed E-state index contributed by atoms with van der Waals surface area (Å²) in [6, 6.07) is 8.10. The van der Waals surface area contributed by atoms with Gasteiger partial charge in [0, 0.05) is 12.0 Å². The molecule has 5 rings (SSSR count). The summed E-state index contributed by atoms with van der Waals surface area (Å²) in [5.41, 5.74) is 1.55. The highest BCUT2D eigenvalue weighted by Crippen LogP contribution is 2.48. The maximum absolute atomic E-state index is 11.7. The number of anilines is 1. The minimum absolute atomic E-state index is 0.0191. The summed E-state index contributed by atoms with van der Waals surface area (Å²) in [6.45, 7) is 0. The molecule has 1 aromatic carbocycles. The Bertz CT molecular complexity index is 1040. The molecule has 134 valence electrons. The maximum Gasteiger partial charge on any atom is 0.325 e. The van der Waals surface area contributed by atoms with Gasteiger partial charge < -0.3 is 15.0 Å². The number of imidazole rings is 1. The first-order valence-electron chi connectivity index (χ1n) is 8.82. The third-order valence-electron chi connectivity index (χ3n) is 5.37. The van der Waals surface area contributed by atoms with E-state index in [9.17, 15) is 4.79 Å². The van der Waals surface area contributed by atoms with Gasteiger partial charge in [-0.25, -0.2) is 4.79 Å². The lowest BCUT2D eigenvalue weighted by atomic mass is 9.86. The van der Waals surface area contributed by atoms with Crippen molar-refractivity contribution in [2.45, 2.75) is 43.7 Å². The van der Waals surface area contributed by atoms with Crippen LogP contribution in [0.1, 0.15) is 43.7 Å². The predicted octanol–water partition coefficient (Wildman–Crippen LogP) is 3.55. The number of hydrogen-bond acceptors (Lipinski definition) is 5. The van der Waals surface area contributed by atoms with Gasteiger partial charge in [0.05, 0.1) is 6.04 Å². The molecule has 1 atom stereocenters. The number of para-hydroxylation sites is 1. The number of aromatic nitrogens is 4. The van der Waals surface area contributed by atoms with E-state index in [2.05, 4.69) is 31.3 Å². The van der Waals surface area contributed by atoms with Crippen LogP contribution in [0, 0.1) is 0 Å². The van der Waals surface area contributed by atoms with E-state index in [1.165, 1.54) is 12.8 Å². The SMILES string of the molecule is O=c1[nH]c2nc(Cl)nc(NC3CC4(CCCC4)Oc4ccccc43)c2[nH]1. The van der Waals surface area contributed by atoms with Crippen molar-refractivity contribution in [1.82, 2.24) is 19.9 Å². The molecule has 7 nitrogen and oxygen atoms in total. The monoisotopic (exact) mass is 371 g/mol. The number of rotatable bonds is 2. The van der Waals surface area contributed by atoms with Gasteiger partial charge in [-0.3, -0.25) is 4.98 Å². The normalized spacial score (nSPS) is 20.9. The Morgan fingerprint density at radius 2 is 2.00 bits per heavy atom. The fourth-order valence-electron chi connectivity index (χ4n) is 4.24. The molecule has 26 heavy (non-hydrogen) atoms. The number of nitrogens with one attached hydrogen (secondary N) is 3. The molecule has 2 aliphatic rings. The van der Waals surface area contributed by atoms with E-state index in [4.69, 9.17) is 16.3 Å². The van der Waals surface area contributed by atoms with Gasteiger partial charge in [0.25, 0.3) is 0 Å². The van der Waals surface area contributed by atoms with Crippen LogP contribution in [-0.4, -0.2) is 25.5 Å². The molecule has 3 N–H and O–H groups in total. The fraction of sp³-hybridized carbons (Fsp3) is 0.389. The molecule has 1 fully saturated rings. The number of nitrogens with zero attached hydrogens (tertiary/aromatic N) is 2. The van der Waals surface area contributed by atoms with Crippen LogP contribution in [0.25, 0.3) is 11.2 Å². The van der Waals surface area contributed by atoms with Crippen molar-refractivity contribution < 1.29 is 4.74 Å². The van der Waals surface area contributed by atoms with E-state index in [-0.39, 0.29) is 22.6 Å². The molecule has 1 saturated carbocycles. The van der Waals surface area contributed by atoms with Crippen molar-refractivity contribution in [3.8, 4) is 5.75 Å². The largest absolute Gasteiger partial charge is 0.487 e. The molecule has 0 amide bonds. The number of aromatic amines is 2. The van der Waals surface area contributed by atoms with Crippen LogP contribution in [0.2, 0.25) is 5.28 Å². The van der Waals surface area contributed by atoms with E-state index < -0.39 is 0 Å². The Balaban J connectivity index is 1.58. The molecule has 0 saturated heterocycles. The van der Waals surface area contributed by atoms with Crippen LogP contribution in [0.15, 0.2) is 29.1 Å². The summed E-state index contributed by atoms with van der Waals surface area (Å²) < 4.78 is 6.40. The van der Waals surface area contributed by atoms with E-state index >= 15 is 0 Å². The second kappa shape index (κ2) is 5.74. The molecule has 1 aliphatic heterocycles. The van der Waals surface area contributed by atoms with Crippen LogP contribution >= 0.6 is 11.6 Å². The second-order valence-electron chi connectivity index (χ2n) is 7.08. The number of hydrogen-bond donors (Lipinski definition) is 3. The van der Waals surface area contributed by atoms with Gasteiger partial charge in [-0.1, -0.05) is 18.2 Å². The topological polar surface area (TPSA) is 95.7 Å². The molecule has 8 heteroatoms. The first-order chi connectivity index (χ1) is 12.6. The van der Waals surface area contributed by atoms with Crippen LogP contribution in [0.5, 0.6) is 5.75 Å². The first-order valence-corrected chi connectivity index (χ1v) is 9.20. The highest BCUT2D eigenvalue weighted by Gasteiger charge is 2.43. The zero-order valence-corrected chi connectivity index (χ0v) is 14.8. The van der Waals surface area contributed by atoms with E-state index in [1.54, 1.807) is 0 Å². The number of halogens is 1. The van der Waals surface area contributed by atoms with Crippen LogP contribution in [0.3, 0.4) is 0 Å². The molecule has 3 aromatic rings. The summed E-state index contributed by atoms with van der Waals surface area (Å²) in [4.78, 5) is 25.4. The Labute approximate surface area is 154 Å². The molecule has 1 aliphatic carbocycles. The average molecular weight is 372 g/mol. The number of benzene rings is 1. The van der Waals surface area contributed by atoms with Gasteiger partial charge in [0.1, 0.15) is 16.9 Å². The van der Waals surface area contributed by atoms with Gasteiger partial charge in [-0.2, -0.15) is 9.97 Å². The zero-order valence-electron chi connectivity index (χ0n) is 14.0. The zero-order chi connectivity index (χ0) is 17.7. The highest BCUT2D eigenvalue weighted by molar-refractivity contribution is 6.28. The Hall–Kier alpha value is -2.54. The third-order valence-corrected chi connectivity index (χ3v) is 5.54. The van der Waals surface area contributed by atoms with Crippen molar-refractivity contribution in [3.05, 3.63) is 45.6 Å². The van der Waals surface area contributed by atoms with Crippen molar-refractivity contribution in [2.75, 3.05) is 5.32 Å². The van der Waals surface area contributed by atoms with Gasteiger partial charge >= 0.3 is 5.69 Å². The minimum atomic E-state index is -0.334. The molecule has 2 aromatic heterocycles. The van der Waals surface area contributed by atoms with Crippen LogP contribution in [0.4, 0.5) is 5.82 Å². The van der Waals surface area contributed by atoms with E-state index in [0.717, 1.165) is 30.6 Å². The standard InChI is InChI=1S/C18H18ClN5O2/c19-16-22-14(13-15(23-16)24-17(25)21-13)20-11-9-18(7-3-4-8-18)26-12-6-2-1-5-10(11)12/h1-2,5-6,11H,3-4,7-9H2,(H3,20,21,22,23,24,25). The van der Waals surface area contributed by atoms with Crippen molar-refractivity contribution in [3.63, 3.8) is 0 Å². The molecule has 3 heterocycles. The van der Waals surface area contributed by atoms with Crippen molar-refractivity contribution in [2.24, 2.45) is 0 Å². The Kier molecular flexibility index (Phi) is 3.46. The second-order valence-corrected chi connectivity index (χ2v) is 7.41. The van der Waals surface area contributed by atoms with Gasteiger partial charge in [0.2, 0.25) is 5.28 Å². The van der Waals surface area contributed by atoms with Crippen LogP contribution < -0.4 is 15.7 Å². The molecular formula is C18H18ClN5O2. The summed E-state index contributed by atoms with van der Waals surface area (Å²) in [6.07, 6.45) is 5.33. The summed E-state index contributed by atoms with van der Waals surface area (Å²) in [5, 5.41) is 3.57. The Morgan fingerprint density at radius 1 is 1.19 bits per heavy atom. The van der Waals surface area contributed by atoms with Crippen LogP contribution in [-0.2, 0) is 0 Å². The number of H-pyrrole nitrogens is 2. The average Bonchev–Trinajstić information content (AvgIpc) is 3.21. The van der Waals surface area contributed by atoms with E-state index in [0.29, 0.717) is 17.0 Å². The molecular weight excluding hydrogens is 354 g/mol. The fourth-order valence-corrected chi connectivity index (χ4v) is 4.41.